The van der Waals surface area contributed by atoms with Gasteiger partial charge in [-0.25, -0.2) is 4.79 Å². The van der Waals surface area contributed by atoms with Crippen molar-refractivity contribution in [3.8, 4) is 0 Å². The van der Waals surface area contributed by atoms with E-state index in [-0.39, 0.29) is 17.9 Å². The molecule has 0 saturated carbocycles. The predicted molar refractivity (Wildman–Crippen MR) is 92.2 cm³/mol. The highest BCUT2D eigenvalue weighted by Crippen LogP contribution is 2.18. The molecule has 1 aromatic rings. The van der Waals surface area contributed by atoms with Crippen LogP contribution < -0.4 is 5.32 Å². The van der Waals surface area contributed by atoms with Crippen molar-refractivity contribution in [2.24, 2.45) is 5.92 Å². The summed E-state index contributed by atoms with van der Waals surface area (Å²) in [5, 5.41) is 2.94. The van der Waals surface area contributed by atoms with Crippen molar-refractivity contribution in [1.82, 2.24) is 10.2 Å². The van der Waals surface area contributed by atoms with Gasteiger partial charge in [-0.3, -0.25) is 4.79 Å². The number of amides is 2. The first-order valence-electron chi connectivity index (χ1n) is 8.04. The third-order valence-electron chi connectivity index (χ3n) is 4.01. The molecule has 1 N–H and O–H groups in total. The first-order chi connectivity index (χ1) is 11.1. The number of piperidine rings is 1. The lowest BCUT2D eigenvalue weighted by atomic mass is 9.97. The summed E-state index contributed by atoms with van der Waals surface area (Å²) in [7, 11) is 0. The van der Waals surface area contributed by atoms with Crippen molar-refractivity contribution in [3.63, 3.8) is 0 Å². The molecule has 1 aliphatic heterocycles. The van der Waals surface area contributed by atoms with Gasteiger partial charge in [-0.15, -0.1) is 0 Å². The van der Waals surface area contributed by atoms with Gasteiger partial charge in [-0.1, -0.05) is 28.1 Å². The summed E-state index contributed by atoms with van der Waals surface area (Å²) in [5.74, 6) is -0.204. The number of rotatable bonds is 5. The summed E-state index contributed by atoms with van der Waals surface area (Å²) in [6.45, 7) is 4.04. The smallest absolute Gasteiger partial charge is 0.317 e. The number of halogens is 1. The van der Waals surface area contributed by atoms with Crippen LogP contribution in [0.5, 0.6) is 0 Å². The first kappa shape index (κ1) is 17.8. The summed E-state index contributed by atoms with van der Waals surface area (Å²) in [6.07, 6.45) is 2.16. The minimum Gasteiger partial charge on any atom is -0.466 e. The molecule has 1 aromatic carbocycles. The number of hydrogen-bond donors (Lipinski definition) is 1. The van der Waals surface area contributed by atoms with Crippen LogP contribution in [-0.2, 0) is 16.0 Å². The van der Waals surface area contributed by atoms with Gasteiger partial charge in [0.05, 0.1) is 12.5 Å². The van der Waals surface area contributed by atoms with E-state index >= 15 is 0 Å². The highest BCUT2D eigenvalue weighted by molar-refractivity contribution is 9.10. The number of carbonyl (C=O) groups is 2. The van der Waals surface area contributed by atoms with Crippen molar-refractivity contribution in [2.75, 3.05) is 26.2 Å². The molecule has 6 heteroatoms. The molecule has 0 bridgehead atoms. The number of carbonyl (C=O) groups excluding carboxylic acids is 2. The number of nitrogens with one attached hydrogen (secondary N) is 1. The molecular weight excluding hydrogens is 360 g/mol. The molecule has 23 heavy (non-hydrogen) atoms. The number of likely N-dealkylation sites (tertiary alicyclic amines) is 1. The SMILES string of the molecule is CCOC(=O)C1CCN(C(=O)NCCc2ccc(Br)cc2)CC1. The fraction of sp³-hybridized carbons (Fsp3) is 0.529. The van der Waals surface area contributed by atoms with E-state index in [0.717, 1.165) is 10.9 Å². The Hall–Kier alpha value is -1.56. The van der Waals surface area contributed by atoms with Crippen LogP contribution in [0.4, 0.5) is 4.79 Å². The number of urea groups is 1. The summed E-state index contributed by atoms with van der Waals surface area (Å²) >= 11 is 3.40. The molecule has 0 aliphatic carbocycles. The Bertz CT molecular complexity index is 525. The van der Waals surface area contributed by atoms with Crippen LogP contribution in [0.15, 0.2) is 28.7 Å². The van der Waals surface area contributed by atoms with E-state index in [9.17, 15) is 9.59 Å². The van der Waals surface area contributed by atoms with E-state index in [1.54, 1.807) is 4.90 Å². The largest absolute Gasteiger partial charge is 0.466 e. The Kier molecular flexibility index (Phi) is 6.89. The van der Waals surface area contributed by atoms with Crippen molar-refractivity contribution < 1.29 is 14.3 Å². The van der Waals surface area contributed by atoms with E-state index in [4.69, 9.17) is 4.74 Å². The molecule has 0 unspecified atom stereocenters. The van der Waals surface area contributed by atoms with Crippen molar-refractivity contribution in [3.05, 3.63) is 34.3 Å². The van der Waals surface area contributed by atoms with E-state index in [2.05, 4.69) is 21.2 Å². The highest BCUT2D eigenvalue weighted by Gasteiger charge is 2.27. The molecule has 2 rings (SSSR count). The van der Waals surface area contributed by atoms with Gasteiger partial charge in [0.15, 0.2) is 0 Å². The molecule has 0 radical (unpaired) electrons. The quantitative estimate of drug-likeness (QED) is 0.796. The molecule has 1 fully saturated rings. The molecule has 1 heterocycles. The standard InChI is InChI=1S/C17H23BrN2O3/c1-2-23-16(21)14-8-11-20(12-9-14)17(22)19-10-7-13-3-5-15(18)6-4-13/h3-6,14H,2,7-12H2,1H3,(H,19,22). The molecule has 126 valence electrons. The van der Waals surface area contributed by atoms with Gasteiger partial charge in [0, 0.05) is 24.1 Å². The van der Waals surface area contributed by atoms with Crippen LogP contribution in [0.1, 0.15) is 25.3 Å². The Morgan fingerprint density at radius 2 is 1.91 bits per heavy atom. The van der Waals surface area contributed by atoms with E-state index < -0.39 is 0 Å². The molecule has 5 nitrogen and oxygen atoms in total. The lowest BCUT2D eigenvalue weighted by Crippen LogP contribution is -2.46. The molecule has 2 amide bonds. The van der Waals surface area contributed by atoms with Crippen LogP contribution in [0, 0.1) is 5.92 Å². The summed E-state index contributed by atoms with van der Waals surface area (Å²) in [4.78, 5) is 25.6. The average molecular weight is 383 g/mol. The second kappa shape index (κ2) is 8.91. The topological polar surface area (TPSA) is 58.6 Å². The predicted octanol–water partition coefficient (Wildman–Crippen LogP) is 2.98. The fourth-order valence-corrected chi connectivity index (χ4v) is 2.92. The Morgan fingerprint density at radius 1 is 1.26 bits per heavy atom. The normalized spacial score (nSPS) is 15.3. The van der Waals surface area contributed by atoms with Crippen LogP contribution in [0.25, 0.3) is 0 Å². The van der Waals surface area contributed by atoms with Gasteiger partial charge in [0.25, 0.3) is 0 Å². The summed E-state index contributed by atoms with van der Waals surface area (Å²) < 4.78 is 6.09. The van der Waals surface area contributed by atoms with Gasteiger partial charge >= 0.3 is 12.0 Å². The van der Waals surface area contributed by atoms with Crippen molar-refractivity contribution >= 4 is 27.9 Å². The van der Waals surface area contributed by atoms with Crippen LogP contribution in [0.3, 0.4) is 0 Å². The number of benzene rings is 1. The Balaban J connectivity index is 1.68. The molecule has 0 spiro atoms. The Labute approximate surface area is 145 Å². The zero-order valence-electron chi connectivity index (χ0n) is 13.4. The van der Waals surface area contributed by atoms with Crippen LogP contribution in [-0.4, -0.2) is 43.1 Å². The summed E-state index contributed by atoms with van der Waals surface area (Å²) in [6, 6.07) is 8.03. The third kappa shape index (κ3) is 5.53. The maximum atomic E-state index is 12.1. The van der Waals surface area contributed by atoms with Crippen molar-refractivity contribution in [1.29, 1.82) is 0 Å². The minimum absolute atomic E-state index is 0.0515. The van der Waals surface area contributed by atoms with E-state index in [1.165, 1.54) is 5.56 Å². The van der Waals surface area contributed by atoms with Crippen LogP contribution >= 0.6 is 15.9 Å². The van der Waals surface area contributed by atoms with Gasteiger partial charge in [-0.05, 0) is 43.9 Å². The molecule has 1 saturated heterocycles. The number of ether oxygens (including phenoxy) is 1. The number of hydrogen-bond acceptors (Lipinski definition) is 3. The molecule has 0 aromatic heterocycles. The van der Waals surface area contributed by atoms with Gasteiger partial charge in [0.1, 0.15) is 0 Å². The minimum atomic E-state index is -0.136. The summed E-state index contributed by atoms with van der Waals surface area (Å²) in [5.41, 5.74) is 1.19. The zero-order valence-corrected chi connectivity index (χ0v) is 15.0. The van der Waals surface area contributed by atoms with E-state index in [0.29, 0.717) is 39.1 Å². The van der Waals surface area contributed by atoms with Gasteiger partial charge in [0.2, 0.25) is 0 Å². The molecular formula is C17H23BrN2O3. The first-order valence-corrected chi connectivity index (χ1v) is 8.83. The Morgan fingerprint density at radius 3 is 2.52 bits per heavy atom. The van der Waals surface area contributed by atoms with Crippen LogP contribution in [0.2, 0.25) is 0 Å². The average Bonchev–Trinajstić information content (AvgIpc) is 2.57. The van der Waals surface area contributed by atoms with Crippen molar-refractivity contribution in [2.45, 2.75) is 26.2 Å². The van der Waals surface area contributed by atoms with Gasteiger partial charge < -0.3 is 15.0 Å². The molecule has 0 atom stereocenters. The van der Waals surface area contributed by atoms with E-state index in [1.807, 2.05) is 31.2 Å². The monoisotopic (exact) mass is 382 g/mol. The molecule has 1 aliphatic rings. The fourth-order valence-electron chi connectivity index (χ4n) is 2.66. The second-order valence-corrected chi connectivity index (χ2v) is 6.54. The third-order valence-corrected chi connectivity index (χ3v) is 4.53. The number of nitrogens with zero attached hydrogens (tertiary/aromatic N) is 1. The highest BCUT2D eigenvalue weighted by atomic mass is 79.9. The maximum Gasteiger partial charge on any atom is 0.317 e. The zero-order chi connectivity index (χ0) is 16.7. The maximum absolute atomic E-state index is 12.1. The second-order valence-electron chi connectivity index (χ2n) is 5.62. The lowest BCUT2D eigenvalue weighted by molar-refractivity contribution is -0.149. The van der Waals surface area contributed by atoms with Gasteiger partial charge in [-0.2, -0.15) is 0 Å². The number of esters is 1. The lowest BCUT2D eigenvalue weighted by Gasteiger charge is -2.30.